The standard InChI is InChI=1S/C27H36N4O8/c1-4-11-20(23(33)25(35)28-15-5-2)29-24(34)21-17-30(16-10-14-22(32)38-6-3)26(36)31(21)27(37)39-18-19-12-8-7-9-13-19/h5,7-9,12-13,20-21H,2,4,6,10-11,14-18H2,1,3H3,(H,28,35)(H,29,34)/t20?,21-/m0/s1. The summed E-state index contributed by atoms with van der Waals surface area (Å²) in [5.74, 6) is -2.93. The van der Waals surface area contributed by atoms with E-state index in [4.69, 9.17) is 9.47 Å². The molecule has 1 aromatic carbocycles. The number of ether oxygens (including phenoxy) is 2. The van der Waals surface area contributed by atoms with Crippen molar-refractivity contribution in [3.05, 3.63) is 48.6 Å². The molecule has 12 heteroatoms. The minimum Gasteiger partial charge on any atom is -0.466 e. The van der Waals surface area contributed by atoms with Crippen molar-refractivity contribution in [2.75, 3.05) is 26.2 Å². The van der Waals surface area contributed by atoms with Crippen molar-refractivity contribution in [2.45, 2.75) is 58.2 Å². The average molecular weight is 545 g/mol. The Bertz CT molecular complexity index is 1050. The van der Waals surface area contributed by atoms with Gasteiger partial charge in [-0.1, -0.05) is 49.8 Å². The van der Waals surface area contributed by atoms with Crippen LogP contribution in [0.25, 0.3) is 0 Å². The third-order valence-electron chi connectivity index (χ3n) is 5.84. The number of carbonyl (C=O) groups is 6. The number of hydrogen-bond donors (Lipinski definition) is 2. The van der Waals surface area contributed by atoms with E-state index in [1.54, 1.807) is 44.2 Å². The van der Waals surface area contributed by atoms with Gasteiger partial charge >= 0.3 is 18.1 Å². The van der Waals surface area contributed by atoms with Gasteiger partial charge in [0, 0.05) is 19.5 Å². The van der Waals surface area contributed by atoms with Crippen LogP contribution in [0.4, 0.5) is 9.59 Å². The summed E-state index contributed by atoms with van der Waals surface area (Å²) >= 11 is 0. The first kappa shape index (κ1) is 31.0. The Labute approximate surface area is 227 Å². The Hall–Kier alpha value is -4.22. The molecule has 2 atom stereocenters. The fourth-order valence-electron chi connectivity index (χ4n) is 3.92. The van der Waals surface area contributed by atoms with E-state index in [0.29, 0.717) is 16.9 Å². The molecule has 1 aliphatic rings. The zero-order valence-electron chi connectivity index (χ0n) is 22.4. The number of urea groups is 1. The summed E-state index contributed by atoms with van der Waals surface area (Å²) in [6, 6.07) is 5.58. The number of imide groups is 1. The minimum atomic E-state index is -1.31. The van der Waals surface area contributed by atoms with Gasteiger partial charge in [-0.3, -0.25) is 19.2 Å². The summed E-state index contributed by atoms with van der Waals surface area (Å²) in [5.41, 5.74) is 0.684. The van der Waals surface area contributed by atoms with Crippen molar-refractivity contribution >= 4 is 35.7 Å². The van der Waals surface area contributed by atoms with Crippen LogP contribution in [0, 0.1) is 0 Å². The van der Waals surface area contributed by atoms with E-state index in [2.05, 4.69) is 17.2 Å². The maximum Gasteiger partial charge on any atom is 0.419 e. The van der Waals surface area contributed by atoms with Gasteiger partial charge in [-0.25, -0.2) is 14.5 Å². The van der Waals surface area contributed by atoms with E-state index in [0.717, 1.165) is 0 Å². The molecule has 5 amide bonds. The smallest absolute Gasteiger partial charge is 0.419 e. The van der Waals surface area contributed by atoms with Crippen molar-refractivity contribution in [3.63, 3.8) is 0 Å². The number of nitrogens with one attached hydrogen (secondary N) is 2. The van der Waals surface area contributed by atoms with Gasteiger partial charge in [-0.2, -0.15) is 0 Å². The molecule has 1 heterocycles. The fraction of sp³-hybridized carbons (Fsp3) is 0.481. The predicted molar refractivity (Wildman–Crippen MR) is 140 cm³/mol. The van der Waals surface area contributed by atoms with Crippen LogP contribution in [-0.4, -0.2) is 83.8 Å². The highest BCUT2D eigenvalue weighted by Gasteiger charge is 2.46. The van der Waals surface area contributed by atoms with E-state index < -0.39 is 47.8 Å². The molecule has 0 saturated carbocycles. The van der Waals surface area contributed by atoms with Gasteiger partial charge in [0.25, 0.3) is 5.91 Å². The molecule has 2 rings (SSSR count). The summed E-state index contributed by atoms with van der Waals surface area (Å²) in [6.07, 6.45) is 1.36. The fourth-order valence-corrected chi connectivity index (χ4v) is 3.92. The van der Waals surface area contributed by atoms with E-state index in [-0.39, 0.29) is 52.1 Å². The molecular formula is C27H36N4O8. The summed E-state index contributed by atoms with van der Waals surface area (Å²) < 4.78 is 10.2. The van der Waals surface area contributed by atoms with Crippen LogP contribution >= 0.6 is 0 Å². The van der Waals surface area contributed by atoms with Gasteiger partial charge in [0.15, 0.2) is 0 Å². The van der Waals surface area contributed by atoms with Crippen molar-refractivity contribution in [2.24, 2.45) is 0 Å². The molecule has 1 aromatic rings. The Morgan fingerprint density at radius 3 is 2.49 bits per heavy atom. The third kappa shape index (κ3) is 9.24. The van der Waals surface area contributed by atoms with Gasteiger partial charge in [0.2, 0.25) is 11.7 Å². The zero-order chi connectivity index (χ0) is 28.8. The summed E-state index contributed by atoms with van der Waals surface area (Å²) in [4.78, 5) is 78.0. The first-order chi connectivity index (χ1) is 18.7. The highest BCUT2D eigenvalue weighted by Crippen LogP contribution is 2.20. The van der Waals surface area contributed by atoms with Crippen molar-refractivity contribution in [1.82, 2.24) is 20.4 Å². The third-order valence-corrected chi connectivity index (χ3v) is 5.84. The topological polar surface area (TPSA) is 151 Å². The minimum absolute atomic E-state index is 0.0554. The number of rotatable bonds is 15. The second-order valence-electron chi connectivity index (χ2n) is 8.78. The molecule has 0 aliphatic carbocycles. The molecule has 39 heavy (non-hydrogen) atoms. The number of ketones is 1. The second kappa shape index (κ2) is 15.9. The Morgan fingerprint density at radius 1 is 1.13 bits per heavy atom. The second-order valence-corrected chi connectivity index (χ2v) is 8.78. The largest absolute Gasteiger partial charge is 0.466 e. The molecule has 2 N–H and O–H groups in total. The van der Waals surface area contributed by atoms with Crippen LogP contribution in [0.5, 0.6) is 0 Å². The van der Waals surface area contributed by atoms with Gasteiger partial charge in [-0.15, -0.1) is 6.58 Å². The first-order valence-corrected chi connectivity index (χ1v) is 12.9. The molecule has 1 unspecified atom stereocenters. The van der Waals surface area contributed by atoms with Crippen molar-refractivity contribution in [3.8, 4) is 0 Å². The SMILES string of the molecule is C=CCNC(=O)C(=O)C(CCC)NC(=O)[C@@H]1CN(CCCC(=O)OCC)C(=O)N1C(=O)OCc1ccccc1. The lowest BCUT2D eigenvalue weighted by Gasteiger charge is -2.23. The molecule has 0 radical (unpaired) electrons. The van der Waals surface area contributed by atoms with Crippen LogP contribution in [0.1, 0.15) is 45.1 Å². The van der Waals surface area contributed by atoms with Gasteiger partial charge in [-0.05, 0) is 25.3 Å². The number of carbonyl (C=O) groups excluding carboxylic acids is 6. The van der Waals surface area contributed by atoms with Crippen LogP contribution in [0.2, 0.25) is 0 Å². The summed E-state index contributed by atoms with van der Waals surface area (Å²) in [6.45, 7) is 7.04. The zero-order valence-corrected chi connectivity index (χ0v) is 22.4. The van der Waals surface area contributed by atoms with E-state index >= 15 is 0 Å². The lowest BCUT2D eigenvalue weighted by Crippen LogP contribution is -2.54. The van der Waals surface area contributed by atoms with Gasteiger partial charge < -0.3 is 25.0 Å². The molecule has 0 spiro atoms. The number of Topliss-reactive ketones (excluding diaryl/α,β-unsaturated/α-hetero) is 1. The molecule has 212 valence electrons. The maximum atomic E-state index is 13.3. The Kier molecular flexibility index (Phi) is 12.6. The van der Waals surface area contributed by atoms with Crippen LogP contribution in [0.15, 0.2) is 43.0 Å². The average Bonchev–Trinajstić information content (AvgIpc) is 3.26. The van der Waals surface area contributed by atoms with E-state index in [1.807, 2.05) is 0 Å². The number of amides is 5. The van der Waals surface area contributed by atoms with Gasteiger partial charge in [0.1, 0.15) is 12.6 Å². The number of nitrogens with zero attached hydrogens (tertiary/aromatic N) is 2. The Balaban J connectivity index is 2.18. The maximum absolute atomic E-state index is 13.3. The number of esters is 1. The number of hydrogen-bond acceptors (Lipinski definition) is 8. The monoisotopic (exact) mass is 544 g/mol. The molecule has 1 aliphatic heterocycles. The lowest BCUT2D eigenvalue weighted by atomic mass is 10.1. The highest BCUT2D eigenvalue weighted by molar-refractivity contribution is 6.38. The first-order valence-electron chi connectivity index (χ1n) is 12.9. The lowest BCUT2D eigenvalue weighted by molar-refractivity contribution is -0.143. The normalized spacial score (nSPS) is 15.3. The quantitative estimate of drug-likeness (QED) is 0.193. The summed E-state index contributed by atoms with van der Waals surface area (Å²) in [5, 5.41) is 4.92. The molecule has 1 saturated heterocycles. The van der Waals surface area contributed by atoms with Gasteiger partial charge in [0.05, 0.1) is 19.2 Å². The van der Waals surface area contributed by atoms with Crippen LogP contribution in [0.3, 0.4) is 0 Å². The van der Waals surface area contributed by atoms with Crippen LogP contribution in [-0.2, 0) is 35.3 Å². The van der Waals surface area contributed by atoms with Crippen molar-refractivity contribution < 1.29 is 38.2 Å². The molecule has 0 bridgehead atoms. The van der Waals surface area contributed by atoms with Crippen molar-refractivity contribution in [1.29, 1.82) is 0 Å². The predicted octanol–water partition coefficient (Wildman–Crippen LogP) is 1.93. The highest BCUT2D eigenvalue weighted by atomic mass is 16.6. The molecule has 12 nitrogen and oxygen atoms in total. The summed E-state index contributed by atoms with van der Waals surface area (Å²) in [7, 11) is 0. The molecule has 0 aromatic heterocycles. The van der Waals surface area contributed by atoms with E-state index in [1.165, 1.54) is 11.0 Å². The number of benzene rings is 1. The molecule has 1 fully saturated rings. The van der Waals surface area contributed by atoms with Crippen LogP contribution < -0.4 is 10.6 Å². The molecular weight excluding hydrogens is 508 g/mol. The Morgan fingerprint density at radius 2 is 1.85 bits per heavy atom. The van der Waals surface area contributed by atoms with E-state index in [9.17, 15) is 28.8 Å².